The molecule has 2 aromatic rings. The lowest BCUT2D eigenvalue weighted by molar-refractivity contribution is 0.326. The van der Waals surface area contributed by atoms with Gasteiger partial charge in [0.2, 0.25) is 11.8 Å². The van der Waals surface area contributed by atoms with E-state index in [1.165, 1.54) is 0 Å². The third-order valence-electron chi connectivity index (χ3n) is 3.19. The smallest absolute Gasteiger partial charge is 0.229 e. The summed E-state index contributed by atoms with van der Waals surface area (Å²) in [5.41, 5.74) is 7.88. The zero-order valence-corrected chi connectivity index (χ0v) is 12.8. The summed E-state index contributed by atoms with van der Waals surface area (Å²) in [5, 5.41) is 0. The Labute approximate surface area is 125 Å². The van der Waals surface area contributed by atoms with Gasteiger partial charge in [-0.15, -0.1) is 0 Å². The van der Waals surface area contributed by atoms with Crippen LogP contribution in [0.15, 0.2) is 36.5 Å². The molecule has 0 bridgehead atoms. The summed E-state index contributed by atoms with van der Waals surface area (Å²) >= 11 is 0. The highest BCUT2D eigenvalue weighted by atomic mass is 16.5. The van der Waals surface area contributed by atoms with Crippen molar-refractivity contribution in [2.75, 3.05) is 17.2 Å². The molecule has 0 aliphatic rings. The molecule has 0 spiro atoms. The van der Waals surface area contributed by atoms with Gasteiger partial charge in [0.05, 0.1) is 6.61 Å². The van der Waals surface area contributed by atoms with Crippen molar-refractivity contribution in [3.8, 4) is 5.88 Å². The summed E-state index contributed by atoms with van der Waals surface area (Å²) < 4.78 is 5.45. The van der Waals surface area contributed by atoms with Crippen molar-refractivity contribution in [2.24, 2.45) is 0 Å². The summed E-state index contributed by atoms with van der Waals surface area (Å²) in [7, 11) is 0. The molecule has 2 N–H and O–H groups in total. The number of aromatic nitrogens is 2. The van der Waals surface area contributed by atoms with E-state index in [1.54, 1.807) is 12.3 Å². The van der Waals surface area contributed by atoms with Crippen LogP contribution in [0.5, 0.6) is 5.88 Å². The number of hydrogen-bond acceptors (Lipinski definition) is 5. The van der Waals surface area contributed by atoms with Crippen molar-refractivity contribution in [1.82, 2.24) is 9.97 Å². The number of hydrogen-bond donors (Lipinski definition) is 1. The Morgan fingerprint density at radius 3 is 2.67 bits per heavy atom. The largest absolute Gasteiger partial charge is 0.478 e. The van der Waals surface area contributed by atoms with Gasteiger partial charge in [-0.2, -0.15) is 4.98 Å². The van der Waals surface area contributed by atoms with Gasteiger partial charge in [0, 0.05) is 30.5 Å². The number of anilines is 2. The van der Waals surface area contributed by atoms with Gasteiger partial charge in [0.25, 0.3) is 0 Å². The summed E-state index contributed by atoms with van der Waals surface area (Å²) in [6, 6.07) is 9.87. The van der Waals surface area contributed by atoms with E-state index < -0.39 is 0 Å². The van der Waals surface area contributed by atoms with Crippen LogP contribution in [0, 0.1) is 0 Å². The lowest BCUT2D eigenvalue weighted by Gasteiger charge is -2.27. The SMILES string of the molecule is CCOc1ccnc(N(Cc2ccccc2N)C(C)C)n1. The van der Waals surface area contributed by atoms with Crippen molar-refractivity contribution in [3.05, 3.63) is 42.1 Å². The normalized spacial score (nSPS) is 10.7. The molecule has 112 valence electrons. The third-order valence-corrected chi connectivity index (χ3v) is 3.19. The molecule has 0 saturated heterocycles. The molecule has 2 rings (SSSR count). The van der Waals surface area contributed by atoms with Crippen LogP contribution in [0.3, 0.4) is 0 Å². The zero-order valence-electron chi connectivity index (χ0n) is 12.8. The Hall–Kier alpha value is -2.30. The van der Waals surface area contributed by atoms with Crippen molar-refractivity contribution < 1.29 is 4.74 Å². The molecule has 0 radical (unpaired) electrons. The molecule has 5 heteroatoms. The Morgan fingerprint density at radius 1 is 1.24 bits per heavy atom. The van der Waals surface area contributed by atoms with Crippen molar-refractivity contribution in [1.29, 1.82) is 0 Å². The van der Waals surface area contributed by atoms with Crippen LogP contribution in [0.25, 0.3) is 0 Å². The van der Waals surface area contributed by atoms with Crippen molar-refractivity contribution in [2.45, 2.75) is 33.4 Å². The number of nitrogen functional groups attached to an aromatic ring is 1. The molecule has 1 heterocycles. The average molecular weight is 286 g/mol. The quantitative estimate of drug-likeness (QED) is 0.827. The number of nitrogens with two attached hydrogens (primary N) is 1. The molecule has 0 unspecified atom stereocenters. The predicted molar refractivity (Wildman–Crippen MR) is 85.4 cm³/mol. The monoisotopic (exact) mass is 286 g/mol. The van der Waals surface area contributed by atoms with Crippen LogP contribution in [0.1, 0.15) is 26.3 Å². The van der Waals surface area contributed by atoms with E-state index >= 15 is 0 Å². The second-order valence-electron chi connectivity index (χ2n) is 5.05. The van der Waals surface area contributed by atoms with Crippen LogP contribution in [-0.4, -0.2) is 22.6 Å². The highest BCUT2D eigenvalue weighted by Gasteiger charge is 2.16. The van der Waals surface area contributed by atoms with Gasteiger partial charge in [0.1, 0.15) is 0 Å². The Bertz CT molecular complexity index is 586. The zero-order chi connectivity index (χ0) is 15.2. The van der Waals surface area contributed by atoms with Crippen LogP contribution in [0.4, 0.5) is 11.6 Å². The number of nitrogens with zero attached hydrogens (tertiary/aromatic N) is 3. The average Bonchev–Trinajstić information content (AvgIpc) is 2.46. The molecule has 0 amide bonds. The minimum atomic E-state index is 0.251. The van der Waals surface area contributed by atoms with Crippen molar-refractivity contribution >= 4 is 11.6 Å². The number of benzene rings is 1. The van der Waals surface area contributed by atoms with Gasteiger partial charge in [-0.1, -0.05) is 18.2 Å². The second kappa shape index (κ2) is 6.92. The summed E-state index contributed by atoms with van der Waals surface area (Å²) in [5.74, 6) is 1.24. The number of ether oxygens (including phenoxy) is 1. The standard InChI is InChI=1S/C16H22N4O/c1-4-21-15-9-10-18-16(19-15)20(12(2)3)11-13-7-5-6-8-14(13)17/h5-10,12H,4,11,17H2,1-3H3. The van der Waals surface area contributed by atoms with Gasteiger partial charge in [-0.25, -0.2) is 4.98 Å². The minimum absolute atomic E-state index is 0.251. The highest BCUT2D eigenvalue weighted by molar-refractivity contribution is 5.49. The van der Waals surface area contributed by atoms with E-state index in [0.717, 1.165) is 11.3 Å². The molecule has 0 aliphatic heterocycles. The van der Waals surface area contributed by atoms with Crippen molar-refractivity contribution in [3.63, 3.8) is 0 Å². The summed E-state index contributed by atoms with van der Waals surface area (Å²) in [6.45, 7) is 7.40. The van der Waals surface area contributed by atoms with Crippen LogP contribution in [0.2, 0.25) is 0 Å². The third kappa shape index (κ3) is 3.84. The molecule has 0 atom stereocenters. The lowest BCUT2D eigenvalue weighted by Crippen LogP contribution is -2.32. The van der Waals surface area contributed by atoms with Gasteiger partial charge < -0.3 is 15.4 Å². The first-order chi connectivity index (χ1) is 10.1. The predicted octanol–water partition coefficient (Wildman–Crippen LogP) is 2.87. The second-order valence-corrected chi connectivity index (χ2v) is 5.05. The van der Waals surface area contributed by atoms with Gasteiger partial charge >= 0.3 is 0 Å². The molecule has 5 nitrogen and oxygen atoms in total. The maximum absolute atomic E-state index is 6.03. The van der Waals surface area contributed by atoms with E-state index in [9.17, 15) is 0 Å². The maximum atomic E-state index is 6.03. The van der Waals surface area contributed by atoms with E-state index in [0.29, 0.717) is 25.0 Å². The Morgan fingerprint density at radius 2 is 2.00 bits per heavy atom. The fourth-order valence-electron chi connectivity index (χ4n) is 2.04. The topological polar surface area (TPSA) is 64.3 Å². The first kappa shape index (κ1) is 15.1. The molecule has 21 heavy (non-hydrogen) atoms. The first-order valence-corrected chi connectivity index (χ1v) is 7.17. The fraction of sp³-hybridized carbons (Fsp3) is 0.375. The van der Waals surface area contributed by atoms with E-state index in [1.807, 2.05) is 31.2 Å². The molecule has 1 aromatic carbocycles. The van der Waals surface area contributed by atoms with Crippen LogP contribution in [-0.2, 0) is 6.54 Å². The highest BCUT2D eigenvalue weighted by Crippen LogP contribution is 2.20. The van der Waals surface area contributed by atoms with E-state index in [4.69, 9.17) is 10.5 Å². The van der Waals surface area contributed by atoms with E-state index in [-0.39, 0.29) is 6.04 Å². The Kier molecular flexibility index (Phi) is 4.98. The summed E-state index contributed by atoms with van der Waals surface area (Å²) in [6.07, 6.45) is 1.72. The maximum Gasteiger partial charge on any atom is 0.229 e. The number of rotatable bonds is 6. The Balaban J connectivity index is 2.27. The molecule has 0 saturated carbocycles. The van der Waals surface area contributed by atoms with Gasteiger partial charge in [-0.3, -0.25) is 0 Å². The molecule has 0 aliphatic carbocycles. The van der Waals surface area contributed by atoms with Gasteiger partial charge in [-0.05, 0) is 32.4 Å². The molecular formula is C16H22N4O. The number of para-hydroxylation sites is 1. The van der Waals surface area contributed by atoms with Crippen LogP contribution < -0.4 is 15.4 Å². The minimum Gasteiger partial charge on any atom is -0.478 e. The first-order valence-electron chi connectivity index (χ1n) is 7.17. The molecule has 0 fully saturated rings. The van der Waals surface area contributed by atoms with E-state index in [2.05, 4.69) is 28.7 Å². The fourth-order valence-corrected chi connectivity index (χ4v) is 2.04. The van der Waals surface area contributed by atoms with Crippen LogP contribution >= 0.6 is 0 Å². The molecular weight excluding hydrogens is 264 g/mol. The lowest BCUT2D eigenvalue weighted by atomic mass is 10.1. The molecule has 1 aromatic heterocycles. The summed E-state index contributed by atoms with van der Waals surface area (Å²) in [4.78, 5) is 10.9. The van der Waals surface area contributed by atoms with Gasteiger partial charge in [0.15, 0.2) is 0 Å².